The van der Waals surface area contributed by atoms with Gasteiger partial charge in [0.05, 0.1) is 0 Å². The Morgan fingerprint density at radius 1 is 1.00 bits per heavy atom. The first-order chi connectivity index (χ1) is 1.41. The van der Waals surface area contributed by atoms with Crippen molar-refractivity contribution >= 4 is 11.6 Å². The molecule has 0 aliphatic carbocycles. The van der Waals surface area contributed by atoms with Crippen LogP contribution in [0.3, 0.4) is 0 Å². The van der Waals surface area contributed by atoms with E-state index in [1.165, 1.54) is 0 Å². The second kappa shape index (κ2) is 21.3. The van der Waals surface area contributed by atoms with Crippen LogP contribution in [0.1, 0.15) is 0 Å². The van der Waals surface area contributed by atoms with Gasteiger partial charge in [-0.05, 0) is 0 Å². The van der Waals surface area contributed by atoms with Crippen LogP contribution in [-0.2, 0) is 44.6 Å². The average Bonchev–Trinajstić information content (AvgIpc) is 0.918. The fraction of sp³-hybridized carbons (Fsp3) is 0. The van der Waals surface area contributed by atoms with Crippen LogP contribution in [0.4, 0.5) is 0 Å². The quantitative estimate of drug-likeness (QED) is 0.464. The Morgan fingerprint density at radius 3 is 1.00 bits per heavy atom. The second-order valence-electron chi connectivity index (χ2n) is 0.0680. The van der Waals surface area contributed by atoms with Crippen molar-refractivity contribution in [1.82, 2.24) is 0 Å². The molecule has 0 saturated heterocycles. The van der Waals surface area contributed by atoms with Gasteiger partial charge >= 0.3 is 11.6 Å². The van der Waals surface area contributed by atoms with Gasteiger partial charge in [-0.25, -0.2) is 0 Å². The van der Waals surface area contributed by atoms with Gasteiger partial charge in [0.25, 0.3) is 0 Å². The van der Waals surface area contributed by atoms with Gasteiger partial charge in [0.15, 0.2) is 0 Å². The number of rotatable bonds is 0. The van der Waals surface area contributed by atoms with Gasteiger partial charge in [-0.1, -0.05) is 0 Å². The molecule has 0 amide bonds. The molecule has 0 atom stereocenters. The van der Waals surface area contributed by atoms with E-state index in [0.717, 1.165) is 0 Å². The van der Waals surface area contributed by atoms with Crippen LogP contribution in [0, 0.1) is 0 Å². The molecule has 5 heteroatoms. The Balaban J connectivity index is -0.0000000200. The Labute approximate surface area is 53.2 Å². The molecule has 0 bridgehead atoms. The van der Waals surface area contributed by atoms with Crippen molar-refractivity contribution in [1.29, 1.82) is 0 Å². The third-order valence-corrected chi connectivity index (χ3v) is 0. The maximum atomic E-state index is 8.29. The van der Waals surface area contributed by atoms with Crippen LogP contribution in [-0.4, -0.2) is 8.42 Å². The van der Waals surface area contributed by atoms with Crippen molar-refractivity contribution < 1.29 is 41.4 Å². The van der Waals surface area contributed by atoms with E-state index in [4.69, 9.17) is 8.42 Å². The molecule has 0 radical (unpaired) electrons. The summed E-state index contributed by atoms with van der Waals surface area (Å²) in [6.07, 6.45) is 0. The summed E-state index contributed by atoms with van der Waals surface area (Å²) in [6.45, 7) is 0. The summed E-state index contributed by atoms with van der Waals surface area (Å²) in [5.74, 6) is 0. The molecular weight excluding hydrogens is 181 g/mol. The molecule has 0 spiro atoms. The predicted molar refractivity (Wildman–Crippen MR) is 8.92 cm³/mol. The van der Waals surface area contributed by atoms with Crippen molar-refractivity contribution in [2.24, 2.45) is 0 Å². The van der Waals surface area contributed by atoms with Crippen LogP contribution in [0.5, 0.6) is 0 Å². The molecule has 0 heterocycles. The summed E-state index contributed by atoms with van der Waals surface area (Å²) in [4.78, 5) is 0. The standard InChI is InChI=1S/2Ni.O2S/c;;1-3-2. The van der Waals surface area contributed by atoms with E-state index in [0.29, 0.717) is 0 Å². The van der Waals surface area contributed by atoms with E-state index in [1.54, 1.807) is 0 Å². The molecule has 0 N–H and O–H groups in total. The van der Waals surface area contributed by atoms with E-state index in [9.17, 15) is 0 Å². The zero-order valence-corrected chi connectivity index (χ0v) is 4.65. The normalized spacial score (nSPS) is 2.40. The predicted octanol–water partition coefficient (Wildman–Crippen LogP) is -0.675. The van der Waals surface area contributed by atoms with Gasteiger partial charge < -0.3 is 0 Å². The van der Waals surface area contributed by atoms with Crippen molar-refractivity contribution in [3.8, 4) is 0 Å². The van der Waals surface area contributed by atoms with Crippen LogP contribution in [0.15, 0.2) is 0 Å². The fourth-order valence-electron chi connectivity index (χ4n) is 0. The smallest absolute Gasteiger partial charge is 0.168 e. The Kier molecular flexibility index (Phi) is 72.7. The first-order valence-corrected chi connectivity index (χ1v) is 1.00. The van der Waals surface area contributed by atoms with Gasteiger partial charge in [0.2, 0.25) is 0 Å². The Bertz CT molecular complexity index is 28.6. The molecule has 5 heavy (non-hydrogen) atoms. The molecule has 0 aromatic heterocycles. The molecule has 0 aromatic carbocycles. The Hall–Kier alpha value is 0.807. The van der Waals surface area contributed by atoms with Crippen LogP contribution < -0.4 is 0 Å². The first kappa shape index (κ1) is 17.0. The minimum Gasteiger partial charge on any atom is -0.168 e. The zero-order valence-electron chi connectivity index (χ0n) is 1.86. The fourth-order valence-corrected chi connectivity index (χ4v) is 0. The van der Waals surface area contributed by atoms with Crippen LogP contribution in [0.25, 0.3) is 0 Å². The van der Waals surface area contributed by atoms with Gasteiger partial charge in [0.1, 0.15) is 0 Å². The topological polar surface area (TPSA) is 34.1 Å². The van der Waals surface area contributed by atoms with Crippen molar-refractivity contribution in [3.63, 3.8) is 0 Å². The summed E-state index contributed by atoms with van der Waals surface area (Å²) in [6, 6.07) is 0. The maximum absolute atomic E-state index is 8.29. The number of hydrogen-bond acceptors (Lipinski definition) is 2. The zero-order chi connectivity index (χ0) is 2.71. The molecular formula is Ni2O2S. The van der Waals surface area contributed by atoms with Gasteiger partial charge in [-0.3, -0.25) is 0 Å². The van der Waals surface area contributed by atoms with E-state index in [1.807, 2.05) is 0 Å². The van der Waals surface area contributed by atoms with Crippen LogP contribution in [0.2, 0.25) is 0 Å². The van der Waals surface area contributed by atoms with Crippen molar-refractivity contribution in [2.75, 3.05) is 0 Å². The largest absolute Gasteiger partial charge is 0.335 e. The molecule has 0 unspecified atom stereocenters. The van der Waals surface area contributed by atoms with Gasteiger partial charge in [0, 0.05) is 33.0 Å². The first-order valence-electron chi connectivity index (χ1n) is 0.333. The van der Waals surface area contributed by atoms with E-state index >= 15 is 0 Å². The molecule has 2 nitrogen and oxygen atoms in total. The summed E-state index contributed by atoms with van der Waals surface area (Å²) in [5, 5.41) is 0. The van der Waals surface area contributed by atoms with Crippen molar-refractivity contribution in [2.45, 2.75) is 0 Å². The summed E-state index contributed by atoms with van der Waals surface area (Å²) < 4.78 is 16.6. The monoisotopic (exact) mass is 180 g/mol. The van der Waals surface area contributed by atoms with Gasteiger partial charge in [-0.15, -0.1) is 0 Å². The molecule has 0 fully saturated rings. The molecule has 0 aliphatic heterocycles. The second-order valence-corrected chi connectivity index (χ2v) is 0.204. The minimum atomic E-state index is -0.750. The third kappa shape index (κ3) is 58.2. The minimum absolute atomic E-state index is 0. The van der Waals surface area contributed by atoms with E-state index < -0.39 is 11.6 Å². The van der Waals surface area contributed by atoms with E-state index in [-0.39, 0.29) is 33.0 Å². The van der Waals surface area contributed by atoms with Gasteiger partial charge in [-0.2, -0.15) is 8.42 Å². The Morgan fingerprint density at radius 2 is 1.00 bits per heavy atom. The third-order valence-electron chi connectivity index (χ3n) is 0. The maximum Gasteiger partial charge on any atom is 0.335 e. The van der Waals surface area contributed by atoms with Crippen LogP contribution >= 0.6 is 0 Å². The van der Waals surface area contributed by atoms with E-state index in [2.05, 4.69) is 0 Å². The summed E-state index contributed by atoms with van der Waals surface area (Å²) >= 11 is -0.750. The molecule has 0 aliphatic rings. The molecule has 38 valence electrons. The molecule has 0 rings (SSSR count). The van der Waals surface area contributed by atoms with Crippen molar-refractivity contribution in [3.05, 3.63) is 0 Å². The molecule has 0 saturated carbocycles. The average molecular weight is 181 g/mol. The summed E-state index contributed by atoms with van der Waals surface area (Å²) in [5.41, 5.74) is 0. The molecule has 0 aromatic rings. The number of hydrogen-bond donors (Lipinski definition) is 0. The SMILES string of the molecule is O=S=O.[Ni].[Ni]. The summed E-state index contributed by atoms with van der Waals surface area (Å²) in [7, 11) is 0.